The van der Waals surface area contributed by atoms with Crippen molar-refractivity contribution in [2.24, 2.45) is 0 Å². The van der Waals surface area contributed by atoms with Crippen LogP contribution >= 0.6 is 11.3 Å². The summed E-state index contributed by atoms with van der Waals surface area (Å²) in [6.45, 7) is 3.19. The summed E-state index contributed by atoms with van der Waals surface area (Å²) >= 11 is 1.39. The molecule has 0 radical (unpaired) electrons. The lowest BCUT2D eigenvalue weighted by atomic mass is 10.2. The molecule has 0 fully saturated rings. The Balaban J connectivity index is 1.31. The smallest absolute Gasteiger partial charge is 0.337 e. The van der Waals surface area contributed by atoms with Crippen molar-refractivity contribution in [3.05, 3.63) is 57.9 Å². The van der Waals surface area contributed by atoms with Gasteiger partial charge in [0, 0.05) is 36.1 Å². The number of hydrogen-bond donors (Lipinski definition) is 2. The molecule has 32 heavy (non-hydrogen) atoms. The van der Waals surface area contributed by atoms with Crippen LogP contribution in [-0.2, 0) is 22.5 Å². The van der Waals surface area contributed by atoms with Crippen LogP contribution in [0.3, 0.4) is 0 Å². The lowest BCUT2D eigenvalue weighted by Crippen LogP contribution is -2.36. The van der Waals surface area contributed by atoms with Crippen LogP contribution in [0.4, 0.5) is 10.8 Å². The van der Waals surface area contributed by atoms with Gasteiger partial charge in [-0.2, -0.15) is 0 Å². The molecule has 1 aliphatic heterocycles. The van der Waals surface area contributed by atoms with Crippen molar-refractivity contribution < 1.29 is 23.6 Å². The number of nitrogens with one attached hydrogen (secondary N) is 2. The van der Waals surface area contributed by atoms with Gasteiger partial charge in [-0.05, 0) is 31.2 Å². The standard InChI is InChI=1S/C21H21N5O5S/c1-12-9-16(25-31-12)19(28)24-21-23-15-7-8-26(10-17(15)32-21)11-18(27)22-14-5-3-13(4-6-14)20(29)30-2/h3-6,9H,7-8,10-11H2,1-2H3,(H,22,27)(H,23,24,28). The number of amides is 2. The molecule has 1 aromatic carbocycles. The van der Waals surface area contributed by atoms with E-state index in [1.54, 1.807) is 37.3 Å². The van der Waals surface area contributed by atoms with Crippen LogP contribution < -0.4 is 10.6 Å². The van der Waals surface area contributed by atoms with E-state index in [0.29, 0.717) is 41.7 Å². The first-order valence-corrected chi connectivity index (χ1v) is 10.7. The van der Waals surface area contributed by atoms with E-state index in [-0.39, 0.29) is 24.1 Å². The summed E-state index contributed by atoms with van der Waals surface area (Å²) in [5.74, 6) is -0.397. The second-order valence-corrected chi connectivity index (χ2v) is 8.33. The van der Waals surface area contributed by atoms with E-state index in [1.807, 2.05) is 4.90 Å². The van der Waals surface area contributed by atoms with Gasteiger partial charge in [0.2, 0.25) is 5.91 Å². The highest BCUT2D eigenvalue weighted by atomic mass is 32.1. The van der Waals surface area contributed by atoms with Crippen LogP contribution in [0.1, 0.15) is 37.2 Å². The third-order valence-electron chi connectivity index (χ3n) is 4.85. The van der Waals surface area contributed by atoms with Gasteiger partial charge in [-0.1, -0.05) is 5.16 Å². The van der Waals surface area contributed by atoms with Crippen molar-refractivity contribution in [2.45, 2.75) is 19.9 Å². The monoisotopic (exact) mass is 455 g/mol. The maximum atomic E-state index is 12.4. The maximum absolute atomic E-state index is 12.4. The van der Waals surface area contributed by atoms with Crippen molar-refractivity contribution in [3.63, 3.8) is 0 Å². The maximum Gasteiger partial charge on any atom is 0.337 e. The molecule has 0 unspecified atom stereocenters. The lowest BCUT2D eigenvalue weighted by Gasteiger charge is -2.25. The number of fused-ring (bicyclic) bond motifs is 1. The normalized spacial score (nSPS) is 13.3. The number of aryl methyl sites for hydroxylation is 1. The summed E-state index contributed by atoms with van der Waals surface area (Å²) in [4.78, 5) is 43.7. The van der Waals surface area contributed by atoms with Gasteiger partial charge < -0.3 is 14.6 Å². The van der Waals surface area contributed by atoms with Crippen LogP contribution in [0, 0.1) is 6.92 Å². The number of nitrogens with zero attached hydrogens (tertiary/aromatic N) is 3. The van der Waals surface area contributed by atoms with Crippen LogP contribution in [0.15, 0.2) is 34.9 Å². The summed E-state index contributed by atoms with van der Waals surface area (Å²) in [7, 11) is 1.32. The number of methoxy groups -OCH3 is 1. The number of carbonyl (C=O) groups is 3. The number of hydrogen-bond acceptors (Lipinski definition) is 9. The Bertz CT molecular complexity index is 1150. The van der Waals surface area contributed by atoms with E-state index in [9.17, 15) is 14.4 Å². The van der Waals surface area contributed by atoms with E-state index >= 15 is 0 Å². The second-order valence-electron chi connectivity index (χ2n) is 7.24. The van der Waals surface area contributed by atoms with Crippen molar-refractivity contribution in [1.82, 2.24) is 15.0 Å². The SMILES string of the molecule is COC(=O)c1ccc(NC(=O)CN2CCc3nc(NC(=O)c4cc(C)on4)sc3C2)cc1. The Morgan fingerprint density at radius 2 is 2.00 bits per heavy atom. The summed E-state index contributed by atoms with van der Waals surface area (Å²) in [5.41, 5.74) is 2.15. The molecule has 0 bridgehead atoms. The largest absolute Gasteiger partial charge is 0.465 e. The van der Waals surface area contributed by atoms with Gasteiger partial charge in [0.05, 0.1) is 24.9 Å². The molecule has 0 saturated heterocycles. The molecule has 11 heteroatoms. The highest BCUT2D eigenvalue weighted by molar-refractivity contribution is 7.15. The Hall–Kier alpha value is -3.57. The summed E-state index contributed by atoms with van der Waals surface area (Å²) in [6, 6.07) is 8.08. The van der Waals surface area contributed by atoms with Gasteiger partial charge in [-0.3, -0.25) is 19.8 Å². The number of benzene rings is 1. The highest BCUT2D eigenvalue weighted by Gasteiger charge is 2.23. The van der Waals surface area contributed by atoms with Crippen molar-refractivity contribution in [1.29, 1.82) is 0 Å². The van der Waals surface area contributed by atoms with Gasteiger partial charge >= 0.3 is 5.97 Å². The van der Waals surface area contributed by atoms with E-state index < -0.39 is 5.97 Å². The van der Waals surface area contributed by atoms with E-state index in [2.05, 4.69) is 25.5 Å². The van der Waals surface area contributed by atoms with Crippen molar-refractivity contribution in [2.75, 3.05) is 30.8 Å². The minimum atomic E-state index is -0.428. The van der Waals surface area contributed by atoms with Gasteiger partial charge in [0.25, 0.3) is 5.91 Å². The molecule has 3 aromatic rings. The van der Waals surface area contributed by atoms with Crippen LogP contribution in [0.5, 0.6) is 0 Å². The predicted molar refractivity (Wildman–Crippen MR) is 117 cm³/mol. The van der Waals surface area contributed by atoms with E-state index in [1.165, 1.54) is 18.4 Å². The zero-order chi connectivity index (χ0) is 22.7. The molecule has 0 atom stereocenters. The average molecular weight is 455 g/mol. The molecule has 4 rings (SSSR count). The molecule has 2 amide bonds. The van der Waals surface area contributed by atoms with Gasteiger partial charge in [-0.15, -0.1) is 11.3 Å². The average Bonchev–Trinajstić information content (AvgIpc) is 3.39. The molecule has 1 aliphatic rings. The molecule has 2 aromatic heterocycles. The molecule has 0 spiro atoms. The molecule has 0 saturated carbocycles. The molecular weight excluding hydrogens is 434 g/mol. The number of aromatic nitrogens is 2. The van der Waals surface area contributed by atoms with E-state index in [4.69, 9.17) is 4.52 Å². The van der Waals surface area contributed by atoms with Gasteiger partial charge in [0.15, 0.2) is 10.8 Å². The van der Waals surface area contributed by atoms with Gasteiger partial charge in [-0.25, -0.2) is 9.78 Å². The zero-order valence-corrected chi connectivity index (χ0v) is 18.3. The zero-order valence-electron chi connectivity index (χ0n) is 17.5. The third kappa shape index (κ3) is 5.01. The summed E-state index contributed by atoms with van der Waals surface area (Å²) in [5, 5.41) is 9.78. The summed E-state index contributed by atoms with van der Waals surface area (Å²) in [6.07, 6.45) is 0.686. The van der Waals surface area contributed by atoms with E-state index in [0.717, 1.165) is 10.6 Å². The minimum Gasteiger partial charge on any atom is -0.465 e. The first-order valence-electron chi connectivity index (χ1n) is 9.85. The highest BCUT2D eigenvalue weighted by Crippen LogP contribution is 2.28. The molecule has 10 nitrogen and oxygen atoms in total. The van der Waals surface area contributed by atoms with Crippen molar-refractivity contribution >= 4 is 39.9 Å². The second kappa shape index (κ2) is 9.28. The predicted octanol–water partition coefficient (Wildman–Crippen LogP) is 2.48. The first-order chi connectivity index (χ1) is 15.4. The van der Waals surface area contributed by atoms with Crippen LogP contribution in [0.2, 0.25) is 0 Å². The molecular formula is C21H21N5O5S. The fourth-order valence-electron chi connectivity index (χ4n) is 3.28. The van der Waals surface area contributed by atoms with Crippen LogP contribution in [-0.4, -0.2) is 53.0 Å². The van der Waals surface area contributed by atoms with Gasteiger partial charge in [0.1, 0.15) is 5.76 Å². The fourth-order valence-corrected chi connectivity index (χ4v) is 4.33. The Morgan fingerprint density at radius 3 is 2.69 bits per heavy atom. The Kier molecular flexibility index (Phi) is 6.28. The quantitative estimate of drug-likeness (QED) is 0.543. The minimum absolute atomic E-state index is 0.154. The topological polar surface area (TPSA) is 127 Å². The summed E-state index contributed by atoms with van der Waals surface area (Å²) < 4.78 is 9.59. The number of esters is 1. The number of thiazole rings is 1. The third-order valence-corrected chi connectivity index (χ3v) is 5.85. The van der Waals surface area contributed by atoms with Crippen LogP contribution in [0.25, 0.3) is 0 Å². The molecule has 0 aliphatic carbocycles. The Labute approximate surface area is 187 Å². The molecule has 166 valence electrons. The van der Waals surface area contributed by atoms with Crippen molar-refractivity contribution in [3.8, 4) is 0 Å². The first kappa shape index (κ1) is 21.7. The fraction of sp³-hybridized carbons (Fsp3) is 0.286. The number of carbonyl (C=O) groups excluding carboxylic acids is 3. The number of anilines is 2. The number of ether oxygens (including phenoxy) is 1. The number of rotatable bonds is 6. The molecule has 3 heterocycles. The molecule has 2 N–H and O–H groups in total. The lowest BCUT2D eigenvalue weighted by molar-refractivity contribution is -0.117. The Morgan fingerprint density at radius 1 is 1.22 bits per heavy atom.